The van der Waals surface area contributed by atoms with Gasteiger partial charge in [0, 0.05) is 24.0 Å². The van der Waals surface area contributed by atoms with Gasteiger partial charge in [0.1, 0.15) is 42.2 Å². The number of carbonyl (C=O) groups is 1. The van der Waals surface area contributed by atoms with E-state index in [1.807, 2.05) is 18.2 Å². The van der Waals surface area contributed by atoms with Gasteiger partial charge in [0.25, 0.3) is 0 Å². The first-order valence-electron chi connectivity index (χ1n) is 12.9. The fourth-order valence-corrected chi connectivity index (χ4v) is 5.90. The summed E-state index contributed by atoms with van der Waals surface area (Å²) in [6.45, 7) is 5.87. The Hall–Kier alpha value is -2.96. The molecule has 5 rings (SSSR count). The van der Waals surface area contributed by atoms with E-state index in [-0.39, 0.29) is 12.0 Å². The number of aldehydes is 1. The van der Waals surface area contributed by atoms with Gasteiger partial charge in [-0.2, -0.15) is 0 Å². The van der Waals surface area contributed by atoms with Crippen molar-refractivity contribution in [2.75, 3.05) is 19.5 Å². The lowest BCUT2D eigenvalue weighted by Gasteiger charge is -2.17. The van der Waals surface area contributed by atoms with Crippen LogP contribution in [0.3, 0.4) is 0 Å². The summed E-state index contributed by atoms with van der Waals surface area (Å²) in [6.07, 6.45) is 5.85. The predicted octanol–water partition coefficient (Wildman–Crippen LogP) is 6.86. The van der Waals surface area contributed by atoms with Crippen LogP contribution >= 0.6 is 11.8 Å². The number of hydrogen-bond donors (Lipinski definition) is 0. The molecule has 1 fully saturated rings. The molecule has 5 nitrogen and oxygen atoms in total. The Bertz CT molecular complexity index is 1230. The van der Waals surface area contributed by atoms with Crippen molar-refractivity contribution in [3.05, 3.63) is 76.9 Å². The van der Waals surface area contributed by atoms with Gasteiger partial charge in [0.2, 0.25) is 0 Å². The van der Waals surface area contributed by atoms with Gasteiger partial charge in [-0.05, 0) is 85.0 Å². The van der Waals surface area contributed by atoms with Crippen molar-refractivity contribution in [2.24, 2.45) is 0 Å². The maximum atomic E-state index is 10.9. The summed E-state index contributed by atoms with van der Waals surface area (Å²) in [5, 5.41) is 0. The number of carbonyl (C=O) groups excluding carboxylic acids is 1. The summed E-state index contributed by atoms with van der Waals surface area (Å²) in [6, 6.07) is 18.6. The first-order chi connectivity index (χ1) is 18.0. The second kappa shape index (κ2) is 11.6. The molecule has 3 unspecified atom stereocenters. The van der Waals surface area contributed by atoms with Gasteiger partial charge in [0.15, 0.2) is 0 Å². The standard InChI is InChI=1S/C31H34O5S/c1-20-13-27(34-19-26-8-10-30(36-26)37-3)14-21(2)31(20)23-6-4-5-22(15-23)17-33-25-7-9-28-24(11-12-32)18-35-29(28)16-25/h4-7,9,12-16,24,26,30H,8,10-11,17-19H2,1-3H3. The molecule has 0 amide bonds. The third kappa shape index (κ3) is 5.97. The average Bonchev–Trinajstić information content (AvgIpc) is 3.53. The van der Waals surface area contributed by atoms with Crippen molar-refractivity contribution in [2.45, 2.75) is 57.2 Å². The van der Waals surface area contributed by atoms with Crippen LogP contribution in [0.15, 0.2) is 54.6 Å². The summed E-state index contributed by atoms with van der Waals surface area (Å²) in [7, 11) is 0. The van der Waals surface area contributed by atoms with Crippen LogP contribution in [-0.4, -0.2) is 37.3 Å². The van der Waals surface area contributed by atoms with Gasteiger partial charge in [-0.3, -0.25) is 0 Å². The Balaban J connectivity index is 1.24. The SMILES string of the molecule is CSC1CCC(COc2cc(C)c(-c3cccc(COc4ccc5c(c4)OCC5CC=O)c3)c(C)c2)O1. The van der Waals surface area contributed by atoms with E-state index in [0.717, 1.165) is 47.5 Å². The van der Waals surface area contributed by atoms with E-state index >= 15 is 0 Å². The molecule has 2 aliphatic heterocycles. The molecular weight excluding hydrogens is 484 g/mol. The number of rotatable bonds is 10. The van der Waals surface area contributed by atoms with Gasteiger partial charge in [0.05, 0.1) is 12.7 Å². The molecule has 0 aliphatic carbocycles. The van der Waals surface area contributed by atoms with Crippen molar-refractivity contribution in [3.63, 3.8) is 0 Å². The smallest absolute Gasteiger partial charge is 0.126 e. The van der Waals surface area contributed by atoms with E-state index in [9.17, 15) is 4.79 Å². The minimum atomic E-state index is 0.144. The number of benzene rings is 3. The van der Waals surface area contributed by atoms with E-state index < -0.39 is 0 Å². The third-order valence-electron chi connectivity index (χ3n) is 7.14. The lowest BCUT2D eigenvalue weighted by molar-refractivity contribution is -0.108. The fourth-order valence-electron chi connectivity index (χ4n) is 5.26. The molecule has 0 N–H and O–H groups in total. The van der Waals surface area contributed by atoms with E-state index in [1.165, 1.54) is 22.3 Å². The molecule has 0 spiro atoms. The molecule has 37 heavy (non-hydrogen) atoms. The summed E-state index contributed by atoms with van der Waals surface area (Å²) in [5.74, 6) is 2.61. The van der Waals surface area contributed by atoms with Crippen molar-refractivity contribution in [1.82, 2.24) is 0 Å². The zero-order valence-electron chi connectivity index (χ0n) is 21.7. The molecule has 0 aromatic heterocycles. The Morgan fingerprint density at radius 2 is 1.84 bits per heavy atom. The zero-order chi connectivity index (χ0) is 25.8. The van der Waals surface area contributed by atoms with Crippen LogP contribution in [0.5, 0.6) is 17.2 Å². The predicted molar refractivity (Wildman–Crippen MR) is 148 cm³/mol. The van der Waals surface area contributed by atoms with Crippen LogP contribution in [0.1, 0.15) is 47.4 Å². The normalized spacial score (nSPS) is 20.4. The topological polar surface area (TPSA) is 54.0 Å². The molecule has 3 aromatic rings. The highest BCUT2D eigenvalue weighted by Crippen LogP contribution is 2.38. The molecular formula is C31H34O5S. The van der Waals surface area contributed by atoms with Crippen molar-refractivity contribution < 1.29 is 23.7 Å². The molecule has 1 saturated heterocycles. The van der Waals surface area contributed by atoms with Crippen molar-refractivity contribution >= 4 is 18.0 Å². The van der Waals surface area contributed by atoms with Crippen LogP contribution in [0.25, 0.3) is 11.1 Å². The molecule has 0 radical (unpaired) electrons. The van der Waals surface area contributed by atoms with Gasteiger partial charge in [-0.1, -0.05) is 24.3 Å². The van der Waals surface area contributed by atoms with Crippen molar-refractivity contribution in [3.8, 4) is 28.4 Å². The summed E-state index contributed by atoms with van der Waals surface area (Å²) >= 11 is 1.77. The molecule has 0 bridgehead atoms. The maximum absolute atomic E-state index is 10.9. The largest absolute Gasteiger partial charge is 0.492 e. The molecule has 3 aromatic carbocycles. The van der Waals surface area contributed by atoms with Gasteiger partial charge in [-0.25, -0.2) is 0 Å². The van der Waals surface area contributed by atoms with Crippen LogP contribution in [0.2, 0.25) is 0 Å². The number of aryl methyl sites for hydroxylation is 2. The van der Waals surface area contributed by atoms with Gasteiger partial charge < -0.3 is 23.7 Å². The monoisotopic (exact) mass is 518 g/mol. The van der Waals surface area contributed by atoms with E-state index in [4.69, 9.17) is 18.9 Å². The van der Waals surface area contributed by atoms with Crippen molar-refractivity contribution in [1.29, 1.82) is 0 Å². The quantitative estimate of drug-likeness (QED) is 0.273. The maximum Gasteiger partial charge on any atom is 0.126 e. The molecule has 0 saturated carbocycles. The van der Waals surface area contributed by atoms with Crippen LogP contribution in [0.4, 0.5) is 0 Å². The minimum Gasteiger partial charge on any atom is -0.492 e. The van der Waals surface area contributed by atoms with E-state index in [0.29, 0.717) is 31.7 Å². The number of ether oxygens (including phenoxy) is 4. The lowest BCUT2D eigenvalue weighted by Crippen LogP contribution is -2.18. The van der Waals surface area contributed by atoms with Gasteiger partial charge >= 0.3 is 0 Å². The number of fused-ring (bicyclic) bond motifs is 1. The molecule has 2 heterocycles. The molecule has 6 heteroatoms. The average molecular weight is 519 g/mol. The Morgan fingerprint density at radius 3 is 2.59 bits per heavy atom. The highest BCUT2D eigenvalue weighted by atomic mass is 32.2. The van der Waals surface area contributed by atoms with E-state index in [2.05, 4.69) is 56.5 Å². The molecule has 2 aliphatic rings. The van der Waals surface area contributed by atoms with Crippen LogP contribution in [-0.2, 0) is 16.1 Å². The Morgan fingerprint density at radius 1 is 1.00 bits per heavy atom. The highest BCUT2D eigenvalue weighted by molar-refractivity contribution is 7.99. The molecule has 3 atom stereocenters. The Labute approximate surface area is 223 Å². The first-order valence-corrected chi connectivity index (χ1v) is 14.2. The minimum absolute atomic E-state index is 0.144. The highest BCUT2D eigenvalue weighted by Gasteiger charge is 2.25. The Kier molecular flexibility index (Phi) is 8.06. The second-order valence-corrected chi connectivity index (χ2v) is 10.8. The van der Waals surface area contributed by atoms with Gasteiger partial charge in [-0.15, -0.1) is 11.8 Å². The summed E-state index contributed by atoms with van der Waals surface area (Å²) in [5.41, 5.74) is 7.23. The number of thioether (sulfide) groups is 1. The number of hydrogen-bond acceptors (Lipinski definition) is 6. The lowest BCUT2D eigenvalue weighted by atomic mass is 9.94. The summed E-state index contributed by atoms with van der Waals surface area (Å²) in [4.78, 5) is 10.9. The fraction of sp³-hybridized carbons (Fsp3) is 0.387. The zero-order valence-corrected chi connectivity index (χ0v) is 22.5. The summed E-state index contributed by atoms with van der Waals surface area (Å²) < 4.78 is 24.0. The first kappa shape index (κ1) is 25.7. The third-order valence-corrected chi connectivity index (χ3v) is 8.01. The second-order valence-electron chi connectivity index (χ2n) is 9.84. The van der Waals surface area contributed by atoms with Crippen LogP contribution < -0.4 is 14.2 Å². The van der Waals surface area contributed by atoms with Crippen LogP contribution in [0, 0.1) is 13.8 Å². The molecule has 194 valence electrons. The van der Waals surface area contributed by atoms with E-state index in [1.54, 1.807) is 11.8 Å².